The molecule has 0 fully saturated rings. The van der Waals surface area contributed by atoms with Gasteiger partial charge in [-0.2, -0.15) is 0 Å². The monoisotopic (exact) mass is 350 g/mol. The third-order valence-corrected chi connectivity index (χ3v) is 2.45. The van der Waals surface area contributed by atoms with E-state index in [1.54, 1.807) is 4.92 Å². The zero-order chi connectivity index (χ0) is 4.99. The Labute approximate surface area is 62.6 Å². The second-order valence-electron chi connectivity index (χ2n) is 0.501. The van der Waals surface area contributed by atoms with Crippen LogP contribution in [0.1, 0.15) is 0 Å². The Bertz CT molecular complexity index is 60.6. The first-order valence-corrected chi connectivity index (χ1v) is 10.9. The van der Waals surface area contributed by atoms with Crippen molar-refractivity contribution >= 4 is 44.9 Å². The number of hydrogen-bond donors (Lipinski definition) is 1. The van der Waals surface area contributed by atoms with Crippen molar-refractivity contribution in [2.45, 2.75) is 0 Å². The van der Waals surface area contributed by atoms with Gasteiger partial charge in [-0.25, -0.2) is 0 Å². The summed E-state index contributed by atoms with van der Waals surface area (Å²) in [5, 5.41) is 0. The van der Waals surface area contributed by atoms with Crippen LogP contribution in [-0.2, 0) is 12.7 Å². The second-order valence-corrected chi connectivity index (χ2v) is 17.8. The molecule has 0 aromatic heterocycles. The van der Waals surface area contributed by atoms with E-state index in [-0.39, 0.29) is 0 Å². The Morgan fingerprint density at radius 2 is 2.17 bits per heavy atom. The third kappa shape index (κ3) is 5.83. The van der Waals surface area contributed by atoms with Gasteiger partial charge in [0.15, 0.2) is 0 Å². The first kappa shape index (κ1) is 7.83. The summed E-state index contributed by atoms with van der Waals surface area (Å²) in [4.78, 5) is 5.92. The van der Waals surface area contributed by atoms with E-state index in [1.807, 2.05) is 0 Å². The molecule has 0 aliphatic carbocycles. The molecule has 5 heteroatoms. The molecule has 0 aromatic rings. The Morgan fingerprint density at radius 3 is 2.17 bits per heavy atom. The summed E-state index contributed by atoms with van der Waals surface area (Å²) < 4.78 is 0. The van der Waals surface area contributed by atoms with E-state index in [0.29, 0.717) is 0 Å². The summed E-state index contributed by atoms with van der Waals surface area (Å²) in [6.45, 7) is 0. The van der Waals surface area contributed by atoms with E-state index >= 15 is 0 Å². The van der Waals surface area contributed by atoms with Gasteiger partial charge in [-0.1, -0.05) is 0 Å². The van der Waals surface area contributed by atoms with Gasteiger partial charge in [0.05, 0.1) is 0 Å². The Balaban J connectivity index is 3.14. The van der Waals surface area contributed by atoms with Crippen molar-refractivity contribution in [2.24, 2.45) is 5.90 Å². The van der Waals surface area contributed by atoms with Crippen molar-refractivity contribution in [2.75, 3.05) is 0 Å². The van der Waals surface area contributed by atoms with Crippen LogP contribution >= 0.6 is 40.0 Å². The van der Waals surface area contributed by atoms with Crippen LogP contribution in [0, 0.1) is 0 Å². The van der Waals surface area contributed by atoms with Gasteiger partial charge in [0, 0.05) is 0 Å². The molecule has 0 rings (SSSR count). The SMILES string of the molecule is NO[CH]=[V]([I])[I]. The average Bonchev–Trinajstić information content (AvgIpc) is 1.35. The second kappa shape index (κ2) is 4.98. The van der Waals surface area contributed by atoms with Crippen LogP contribution in [0.3, 0.4) is 0 Å². The minimum absolute atomic E-state index is 0.756. The van der Waals surface area contributed by atoms with Gasteiger partial charge >= 0.3 is 63.5 Å². The summed E-state index contributed by atoms with van der Waals surface area (Å²) in [5.41, 5.74) is 0. The summed E-state index contributed by atoms with van der Waals surface area (Å²) in [5.74, 6) is 4.70. The minimum atomic E-state index is -0.756. The molecule has 0 spiro atoms. The normalized spacial score (nSPS) is 7.83. The fourth-order valence-electron chi connectivity index (χ4n) is 0.0460. The van der Waals surface area contributed by atoms with E-state index in [1.165, 1.54) is 0 Å². The summed E-state index contributed by atoms with van der Waals surface area (Å²) in [7, 11) is -0.756. The van der Waals surface area contributed by atoms with Crippen LogP contribution in [0.4, 0.5) is 0 Å². The number of rotatable bonds is 1. The molecule has 0 aromatic carbocycles. The molecule has 0 amide bonds. The quantitative estimate of drug-likeness (QED) is 0.565. The first-order chi connectivity index (χ1) is 2.77. The predicted molar refractivity (Wildman–Crippen MR) is 39.4 cm³/mol. The molecule has 0 unspecified atom stereocenters. The van der Waals surface area contributed by atoms with E-state index < -0.39 is 7.89 Å². The molecule has 0 aliphatic heterocycles. The molecule has 0 aliphatic rings. The topological polar surface area (TPSA) is 35.2 Å². The Kier molecular flexibility index (Phi) is 6.50. The van der Waals surface area contributed by atoms with Gasteiger partial charge < -0.3 is 0 Å². The zero-order valence-electron chi connectivity index (χ0n) is 2.77. The molecule has 0 saturated carbocycles. The zero-order valence-corrected chi connectivity index (χ0v) is 8.48. The van der Waals surface area contributed by atoms with Gasteiger partial charge in [-0.3, -0.25) is 0 Å². The fourth-order valence-corrected chi connectivity index (χ4v) is 1.27. The summed E-state index contributed by atoms with van der Waals surface area (Å²) >= 11 is 4.63. The molecule has 0 saturated heterocycles. The van der Waals surface area contributed by atoms with E-state index in [2.05, 4.69) is 44.8 Å². The number of halogens is 2. The fraction of sp³-hybridized carbons (Fsp3) is 0. The van der Waals surface area contributed by atoms with Gasteiger partial charge in [0.2, 0.25) is 0 Å². The van der Waals surface area contributed by atoms with Crippen LogP contribution in [0.5, 0.6) is 0 Å². The maximum absolute atomic E-state index is 4.70. The predicted octanol–water partition coefficient (Wildman–Crippen LogP) is 0.955. The number of nitrogens with two attached hydrogens (primary N) is 1. The van der Waals surface area contributed by atoms with Crippen molar-refractivity contribution in [1.82, 2.24) is 0 Å². The van der Waals surface area contributed by atoms with Crippen molar-refractivity contribution in [3.63, 3.8) is 0 Å². The van der Waals surface area contributed by atoms with Crippen LogP contribution in [-0.4, -0.2) is 4.92 Å². The molecular weight excluding hydrogens is 347 g/mol. The summed E-state index contributed by atoms with van der Waals surface area (Å²) in [6.07, 6.45) is 0. The van der Waals surface area contributed by atoms with Gasteiger partial charge in [0.1, 0.15) is 0 Å². The molecule has 37 valence electrons. The maximum atomic E-state index is 4.70. The molecule has 2 N–H and O–H groups in total. The third-order valence-electron chi connectivity index (χ3n) is 0.141. The van der Waals surface area contributed by atoms with Crippen LogP contribution in [0.2, 0.25) is 0 Å². The van der Waals surface area contributed by atoms with E-state index in [0.717, 1.165) is 0 Å². The summed E-state index contributed by atoms with van der Waals surface area (Å²) in [6, 6.07) is 0. The Hall–Kier alpha value is 1.83. The van der Waals surface area contributed by atoms with Gasteiger partial charge in [-0.05, 0) is 0 Å². The van der Waals surface area contributed by atoms with Crippen LogP contribution < -0.4 is 5.90 Å². The average molecular weight is 350 g/mol. The van der Waals surface area contributed by atoms with E-state index in [4.69, 9.17) is 5.90 Å². The Morgan fingerprint density at radius 1 is 1.67 bits per heavy atom. The van der Waals surface area contributed by atoms with Crippen LogP contribution in [0.25, 0.3) is 0 Å². The molecule has 0 atom stereocenters. The molecular formula is CH3I2NOV. The number of hydrogen-bond acceptors (Lipinski definition) is 2. The molecule has 0 radical (unpaired) electrons. The molecule has 2 nitrogen and oxygen atoms in total. The standard InChI is InChI=1S/CH3NO.2HI.V/c1-3-2;;;/h1H,2H2;2*1H;/q;;;+2/p-2. The van der Waals surface area contributed by atoms with Crippen molar-refractivity contribution < 1.29 is 12.7 Å². The first-order valence-electron chi connectivity index (χ1n) is 1.07. The van der Waals surface area contributed by atoms with Crippen LogP contribution in [0.15, 0.2) is 0 Å². The molecule has 0 heterocycles. The van der Waals surface area contributed by atoms with Crippen molar-refractivity contribution in [1.29, 1.82) is 0 Å². The van der Waals surface area contributed by atoms with E-state index in [9.17, 15) is 0 Å². The van der Waals surface area contributed by atoms with Gasteiger partial charge in [0.25, 0.3) is 0 Å². The van der Waals surface area contributed by atoms with Gasteiger partial charge in [-0.15, -0.1) is 0 Å². The molecule has 0 bridgehead atoms. The van der Waals surface area contributed by atoms with Crippen molar-refractivity contribution in [3.05, 3.63) is 0 Å². The molecule has 6 heavy (non-hydrogen) atoms. The van der Waals surface area contributed by atoms with Crippen molar-refractivity contribution in [3.8, 4) is 0 Å².